The second kappa shape index (κ2) is 6.78. The number of hydrogen-bond acceptors (Lipinski definition) is 3. The van der Waals surface area contributed by atoms with Gasteiger partial charge >= 0.3 is 0 Å². The first kappa shape index (κ1) is 15.6. The largest absolute Gasteiger partial charge is 0.591 e. The summed E-state index contributed by atoms with van der Waals surface area (Å²) in [5.41, 5.74) is 0.862. The molecule has 0 N–H and O–H groups in total. The van der Waals surface area contributed by atoms with Gasteiger partial charge in [0.15, 0.2) is 0 Å². The van der Waals surface area contributed by atoms with Crippen LogP contribution >= 0.6 is 0 Å². The lowest BCUT2D eigenvalue weighted by Gasteiger charge is -2.17. The van der Waals surface area contributed by atoms with Gasteiger partial charge in [0, 0.05) is 5.56 Å². The minimum atomic E-state index is -1.25. The maximum absolute atomic E-state index is 11.9. The maximum Gasteiger partial charge on any atom is 0.144 e. The summed E-state index contributed by atoms with van der Waals surface area (Å²) in [6.45, 7) is 5.69. The first-order valence-electron chi connectivity index (χ1n) is 6.74. The van der Waals surface area contributed by atoms with Crippen LogP contribution in [0, 0.1) is 0 Å². The van der Waals surface area contributed by atoms with Crippen LogP contribution < -0.4 is 4.74 Å². The second-order valence-electron chi connectivity index (χ2n) is 5.58. The molecule has 0 heterocycles. The van der Waals surface area contributed by atoms with Crippen LogP contribution in [0.25, 0.3) is 0 Å². The van der Waals surface area contributed by atoms with Gasteiger partial charge in [-0.25, -0.2) is 0 Å². The predicted octanol–water partition coefficient (Wildman–Crippen LogP) is 4.36. The quantitative estimate of drug-likeness (QED) is 0.622. The van der Waals surface area contributed by atoms with Gasteiger partial charge < -0.3 is 9.29 Å². The van der Waals surface area contributed by atoms with Gasteiger partial charge in [0.1, 0.15) is 27.6 Å². The molecule has 0 fully saturated rings. The van der Waals surface area contributed by atoms with Crippen LogP contribution in [0.5, 0.6) is 11.5 Å². The molecular formula is C17H19NO2S. The number of benzene rings is 2. The van der Waals surface area contributed by atoms with E-state index in [1.807, 2.05) is 75.4 Å². The molecule has 2 aromatic rings. The molecule has 0 unspecified atom stereocenters. The lowest BCUT2D eigenvalue weighted by atomic mass is 10.2. The highest BCUT2D eigenvalue weighted by molar-refractivity contribution is 7.91. The van der Waals surface area contributed by atoms with Gasteiger partial charge in [0.2, 0.25) is 0 Å². The Bertz CT molecular complexity index is 606. The van der Waals surface area contributed by atoms with Crippen molar-refractivity contribution in [1.29, 1.82) is 0 Å². The monoisotopic (exact) mass is 301 g/mol. The summed E-state index contributed by atoms with van der Waals surface area (Å²) in [6.07, 6.45) is 1.62. The number of para-hydroxylation sites is 1. The minimum absolute atomic E-state index is 0.353. The van der Waals surface area contributed by atoms with Crippen molar-refractivity contribution in [2.45, 2.75) is 25.5 Å². The molecule has 1 atom stereocenters. The van der Waals surface area contributed by atoms with E-state index in [1.54, 1.807) is 6.21 Å². The fourth-order valence-electron chi connectivity index (χ4n) is 1.55. The van der Waals surface area contributed by atoms with Gasteiger partial charge in [-0.15, -0.1) is 0 Å². The van der Waals surface area contributed by atoms with Crippen molar-refractivity contribution in [3.8, 4) is 11.5 Å². The fraction of sp³-hybridized carbons (Fsp3) is 0.235. The van der Waals surface area contributed by atoms with Crippen LogP contribution in [0.4, 0.5) is 0 Å². The van der Waals surface area contributed by atoms with Crippen molar-refractivity contribution in [3.05, 3.63) is 60.2 Å². The molecule has 3 nitrogen and oxygen atoms in total. The lowest BCUT2D eigenvalue weighted by molar-refractivity contribution is 0.482. The molecule has 0 saturated heterocycles. The number of ether oxygens (including phenoxy) is 1. The fourth-order valence-corrected chi connectivity index (χ4v) is 2.08. The summed E-state index contributed by atoms with van der Waals surface area (Å²) in [5, 5.41) is 0. The highest BCUT2D eigenvalue weighted by atomic mass is 32.2. The van der Waals surface area contributed by atoms with E-state index < -0.39 is 11.4 Å². The van der Waals surface area contributed by atoms with Gasteiger partial charge in [-0.1, -0.05) is 34.7 Å². The van der Waals surface area contributed by atoms with Crippen LogP contribution in [-0.2, 0) is 11.4 Å². The Morgan fingerprint density at radius 2 is 1.67 bits per heavy atom. The van der Waals surface area contributed by atoms with E-state index >= 15 is 0 Å². The molecule has 0 radical (unpaired) electrons. The molecule has 0 saturated carbocycles. The van der Waals surface area contributed by atoms with E-state index in [-0.39, 0.29) is 4.75 Å². The number of rotatable bonds is 4. The van der Waals surface area contributed by atoms with Crippen LogP contribution in [0.2, 0.25) is 0 Å². The van der Waals surface area contributed by atoms with Crippen molar-refractivity contribution < 1.29 is 9.29 Å². The van der Waals surface area contributed by atoms with Crippen LogP contribution in [0.15, 0.2) is 59.0 Å². The van der Waals surface area contributed by atoms with Crippen molar-refractivity contribution in [2.75, 3.05) is 0 Å². The molecule has 0 bridgehead atoms. The average Bonchev–Trinajstić information content (AvgIpc) is 2.45. The van der Waals surface area contributed by atoms with Gasteiger partial charge in [0.25, 0.3) is 0 Å². The third-order valence-corrected chi connectivity index (χ3v) is 4.00. The Labute approximate surface area is 129 Å². The molecule has 2 aromatic carbocycles. The smallest absolute Gasteiger partial charge is 0.144 e. The van der Waals surface area contributed by atoms with E-state index in [2.05, 4.69) is 4.40 Å². The van der Waals surface area contributed by atoms with Crippen LogP contribution in [-0.4, -0.2) is 15.5 Å². The lowest BCUT2D eigenvalue weighted by Crippen LogP contribution is -2.25. The summed E-state index contributed by atoms with van der Waals surface area (Å²) in [7, 11) is 0. The molecule has 0 aliphatic rings. The Kier molecular flexibility index (Phi) is 5.04. The van der Waals surface area contributed by atoms with Gasteiger partial charge in [-0.3, -0.25) is 0 Å². The topological polar surface area (TPSA) is 44.7 Å². The standard InChI is InChI=1S/C17H19NO2S/c1-17(2,3)21(19)18-13-14-8-7-11-16(12-14)20-15-9-5-4-6-10-15/h4-13H,1-3H3/t21-/m0/s1. The zero-order valence-corrected chi connectivity index (χ0v) is 13.3. The third kappa shape index (κ3) is 4.92. The first-order valence-corrected chi connectivity index (χ1v) is 7.85. The molecule has 2 rings (SSSR count). The summed E-state index contributed by atoms with van der Waals surface area (Å²) in [5.74, 6) is 1.51. The molecule has 110 valence electrons. The van der Waals surface area contributed by atoms with E-state index in [0.717, 1.165) is 17.1 Å². The molecule has 4 heteroatoms. The van der Waals surface area contributed by atoms with Crippen molar-refractivity contribution in [1.82, 2.24) is 0 Å². The number of hydrogen-bond donors (Lipinski definition) is 0. The summed E-state index contributed by atoms with van der Waals surface area (Å²) in [6, 6.07) is 17.1. The van der Waals surface area contributed by atoms with E-state index in [1.165, 1.54) is 0 Å². The number of nitrogens with zero attached hydrogens (tertiary/aromatic N) is 1. The molecule has 0 aliphatic carbocycles. The molecule has 0 spiro atoms. The van der Waals surface area contributed by atoms with E-state index in [4.69, 9.17) is 4.74 Å². The van der Waals surface area contributed by atoms with Crippen LogP contribution in [0.1, 0.15) is 26.3 Å². The van der Waals surface area contributed by atoms with Crippen molar-refractivity contribution >= 4 is 17.6 Å². The zero-order chi connectivity index (χ0) is 15.3. The Morgan fingerprint density at radius 1 is 1.00 bits per heavy atom. The van der Waals surface area contributed by atoms with Gasteiger partial charge in [-0.05, 0) is 45.0 Å². The SMILES string of the molecule is CC(C)(C)[S@+]([O-])N=Cc1cccc(Oc2ccccc2)c1. The first-order chi connectivity index (χ1) is 9.95. The summed E-state index contributed by atoms with van der Waals surface area (Å²) in [4.78, 5) is 0. The van der Waals surface area contributed by atoms with Crippen molar-refractivity contribution in [2.24, 2.45) is 4.40 Å². The van der Waals surface area contributed by atoms with E-state index in [9.17, 15) is 4.55 Å². The summed E-state index contributed by atoms with van der Waals surface area (Å²) < 4.78 is 21.4. The second-order valence-corrected chi connectivity index (χ2v) is 7.52. The highest BCUT2D eigenvalue weighted by Gasteiger charge is 2.25. The maximum atomic E-state index is 11.9. The Hall–Kier alpha value is -1.78. The molecule has 0 aliphatic heterocycles. The minimum Gasteiger partial charge on any atom is -0.591 e. The average molecular weight is 301 g/mol. The van der Waals surface area contributed by atoms with Gasteiger partial charge in [0.05, 0.1) is 6.21 Å². The molecule has 0 aromatic heterocycles. The highest BCUT2D eigenvalue weighted by Crippen LogP contribution is 2.22. The summed E-state index contributed by atoms with van der Waals surface area (Å²) >= 11 is -1.25. The van der Waals surface area contributed by atoms with Gasteiger partial charge in [-0.2, -0.15) is 0 Å². The van der Waals surface area contributed by atoms with E-state index in [0.29, 0.717) is 0 Å². The normalized spacial score (nSPS) is 13.3. The third-order valence-electron chi connectivity index (χ3n) is 2.66. The predicted molar refractivity (Wildman–Crippen MR) is 88.4 cm³/mol. The van der Waals surface area contributed by atoms with Crippen molar-refractivity contribution in [3.63, 3.8) is 0 Å². The molecular weight excluding hydrogens is 282 g/mol. The molecule has 21 heavy (non-hydrogen) atoms. The van der Waals surface area contributed by atoms with Crippen LogP contribution in [0.3, 0.4) is 0 Å². The Balaban J connectivity index is 2.09. The zero-order valence-electron chi connectivity index (χ0n) is 12.4. The Morgan fingerprint density at radius 3 is 2.33 bits per heavy atom. The molecule has 0 amide bonds.